The number of aliphatic hydroxyl groups is 1. The van der Waals surface area contributed by atoms with Gasteiger partial charge in [0.25, 0.3) is 0 Å². The van der Waals surface area contributed by atoms with E-state index < -0.39 is 17.8 Å². The van der Waals surface area contributed by atoms with Crippen molar-refractivity contribution in [1.82, 2.24) is 0 Å². The highest BCUT2D eigenvalue weighted by Crippen LogP contribution is 2.48. The summed E-state index contributed by atoms with van der Waals surface area (Å²) in [5, 5.41) is 41.4. The number of hydrogen-bond donors (Lipinski definition) is 4. The molecule has 0 spiro atoms. The molecule has 0 fully saturated rings. The maximum absolute atomic E-state index is 12.8. The first-order valence-corrected chi connectivity index (χ1v) is 10.6. The number of aliphatic hydroxyl groups excluding tert-OH is 1. The van der Waals surface area contributed by atoms with Crippen LogP contribution in [0.25, 0.3) is 0 Å². The number of aromatic hydroxyl groups is 3. The van der Waals surface area contributed by atoms with Gasteiger partial charge in [-0.15, -0.1) is 0 Å². The van der Waals surface area contributed by atoms with Crippen molar-refractivity contribution in [3.63, 3.8) is 0 Å². The second kappa shape index (κ2) is 7.74. The molecule has 0 saturated carbocycles. The van der Waals surface area contributed by atoms with Gasteiger partial charge in [0, 0.05) is 29.7 Å². The van der Waals surface area contributed by atoms with Crippen molar-refractivity contribution in [3.8, 4) is 28.7 Å². The molecule has 2 unspecified atom stereocenters. The first-order valence-electron chi connectivity index (χ1n) is 10.6. The van der Waals surface area contributed by atoms with Crippen LogP contribution in [0.4, 0.5) is 0 Å². The number of rotatable bonds is 3. The van der Waals surface area contributed by atoms with Crippen LogP contribution in [0.3, 0.4) is 0 Å². The summed E-state index contributed by atoms with van der Waals surface area (Å²) in [4.78, 5) is 12.8. The van der Waals surface area contributed by atoms with Crippen molar-refractivity contribution in [1.29, 1.82) is 0 Å². The van der Waals surface area contributed by atoms with Crippen LogP contribution in [0.1, 0.15) is 67.3 Å². The Morgan fingerprint density at radius 3 is 2.53 bits per heavy atom. The van der Waals surface area contributed by atoms with Gasteiger partial charge in [0.2, 0.25) is 0 Å². The Hall–Kier alpha value is -3.19. The molecule has 170 valence electrons. The molecule has 0 radical (unpaired) electrons. The number of hydrogen-bond acceptors (Lipinski definition) is 7. The Labute approximate surface area is 186 Å². The molecule has 0 saturated heterocycles. The fourth-order valence-electron chi connectivity index (χ4n) is 4.30. The molecule has 2 aliphatic rings. The molecular formula is C25H28O7. The van der Waals surface area contributed by atoms with Gasteiger partial charge >= 0.3 is 0 Å². The van der Waals surface area contributed by atoms with Crippen LogP contribution in [-0.2, 0) is 12.8 Å². The number of benzene rings is 2. The summed E-state index contributed by atoms with van der Waals surface area (Å²) in [6, 6.07) is 3.95. The van der Waals surface area contributed by atoms with Crippen LogP contribution < -0.4 is 9.47 Å². The lowest BCUT2D eigenvalue weighted by atomic mass is 9.83. The zero-order valence-corrected chi connectivity index (χ0v) is 18.6. The molecule has 2 heterocycles. The summed E-state index contributed by atoms with van der Waals surface area (Å²) >= 11 is 0. The number of allylic oxidation sites excluding steroid dienone is 2. The minimum absolute atomic E-state index is 0.0348. The number of carbonyl (C=O) groups excluding carboxylic acids is 1. The minimum Gasteiger partial charge on any atom is -0.508 e. The van der Waals surface area contributed by atoms with Gasteiger partial charge in [-0.2, -0.15) is 0 Å². The van der Waals surface area contributed by atoms with Crippen LogP contribution in [0.2, 0.25) is 0 Å². The minimum atomic E-state index is -0.856. The summed E-state index contributed by atoms with van der Waals surface area (Å²) in [7, 11) is 0. The maximum Gasteiger partial charge on any atom is 0.174 e. The Balaban J connectivity index is 1.86. The lowest BCUT2D eigenvalue weighted by Crippen LogP contribution is -2.46. The van der Waals surface area contributed by atoms with Crippen LogP contribution in [0, 0.1) is 0 Å². The quantitative estimate of drug-likeness (QED) is 0.531. The predicted molar refractivity (Wildman–Crippen MR) is 118 cm³/mol. The third kappa shape index (κ3) is 3.77. The van der Waals surface area contributed by atoms with Crippen LogP contribution in [0.15, 0.2) is 29.8 Å². The lowest BCUT2D eigenvalue weighted by Gasteiger charge is -2.39. The number of ether oxygens (including phenoxy) is 2. The highest BCUT2D eigenvalue weighted by atomic mass is 16.5. The molecule has 4 N–H and O–H groups in total. The standard InChI is InChI=1S/C25H28O7/c1-12(2)5-6-14-15(9-19(29)24-16(14)10-22(30)25(3,4)32-24)20-11-18(28)23-17(27)7-13(26)8-21(23)31-20/h5,7-9,20,22,26-27,29-30H,6,10-11H2,1-4H3. The van der Waals surface area contributed by atoms with Gasteiger partial charge < -0.3 is 29.9 Å². The van der Waals surface area contributed by atoms with E-state index in [0.29, 0.717) is 23.3 Å². The number of fused-ring (bicyclic) bond motifs is 2. The van der Waals surface area contributed by atoms with Crippen LogP contribution in [-0.4, -0.2) is 37.9 Å². The number of phenols is 3. The van der Waals surface area contributed by atoms with E-state index in [1.165, 1.54) is 6.07 Å². The Bertz CT molecular complexity index is 1130. The summed E-state index contributed by atoms with van der Waals surface area (Å²) in [6.45, 7) is 7.48. The normalized spacial score (nSPS) is 21.1. The topological polar surface area (TPSA) is 116 Å². The van der Waals surface area contributed by atoms with Gasteiger partial charge in [-0.3, -0.25) is 4.79 Å². The van der Waals surface area contributed by atoms with E-state index >= 15 is 0 Å². The highest BCUT2D eigenvalue weighted by molar-refractivity contribution is 6.02. The van der Waals surface area contributed by atoms with Crippen LogP contribution in [0.5, 0.6) is 28.7 Å². The van der Waals surface area contributed by atoms with Gasteiger partial charge in [-0.05, 0) is 45.7 Å². The van der Waals surface area contributed by atoms with E-state index in [4.69, 9.17) is 9.47 Å². The molecular weight excluding hydrogens is 412 g/mol. The van der Waals surface area contributed by atoms with Gasteiger partial charge in [-0.25, -0.2) is 0 Å². The van der Waals surface area contributed by atoms with Crippen LogP contribution >= 0.6 is 0 Å². The molecule has 2 atom stereocenters. The summed E-state index contributed by atoms with van der Waals surface area (Å²) in [5.74, 6) is -0.537. The second-order valence-electron chi connectivity index (χ2n) is 9.25. The zero-order valence-electron chi connectivity index (χ0n) is 18.6. The molecule has 2 aromatic carbocycles. The van der Waals surface area contributed by atoms with Gasteiger partial charge in [0.15, 0.2) is 17.3 Å². The fraction of sp³-hybridized carbons (Fsp3) is 0.400. The van der Waals surface area contributed by atoms with Crippen molar-refractivity contribution in [2.24, 2.45) is 0 Å². The third-order valence-corrected chi connectivity index (χ3v) is 6.12. The van der Waals surface area contributed by atoms with Gasteiger partial charge in [-0.1, -0.05) is 11.6 Å². The highest BCUT2D eigenvalue weighted by Gasteiger charge is 2.40. The number of carbonyl (C=O) groups is 1. The van der Waals surface area contributed by atoms with Gasteiger partial charge in [0.05, 0.1) is 12.5 Å². The van der Waals surface area contributed by atoms with Crippen molar-refractivity contribution < 1.29 is 34.7 Å². The second-order valence-corrected chi connectivity index (χ2v) is 9.25. The molecule has 0 aromatic heterocycles. The summed E-state index contributed by atoms with van der Waals surface area (Å²) < 4.78 is 12.0. The molecule has 32 heavy (non-hydrogen) atoms. The van der Waals surface area contributed by atoms with E-state index in [1.54, 1.807) is 19.9 Å². The number of phenolic OH excluding ortho intramolecular Hbond substituents is 3. The predicted octanol–water partition coefficient (Wildman–Crippen LogP) is 4.09. The fourth-order valence-corrected chi connectivity index (χ4v) is 4.30. The van der Waals surface area contributed by atoms with E-state index in [0.717, 1.165) is 17.2 Å². The first-order chi connectivity index (χ1) is 15.0. The summed E-state index contributed by atoms with van der Waals surface area (Å²) in [6.07, 6.45) is 1.26. The first kappa shape index (κ1) is 22.0. The molecule has 7 nitrogen and oxygen atoms in total. The lowest BCUT2D eigenvalue weighted by molar-refractivity contribution is -0.0428. The Kier molecular flexibility index (Phi) is 5.33. The van der Waals surface area contributed by atoms with Crippen molar-refractivity contribution in [2.45, 2.75) is 64.8 Å². The molecule has 0 aliphatic carbocycles. The molecule has 7 heteroatoms. The smallest absolute Gasteiger partial charge is 0.174 e. The SMILES string of the molecule is CC(C)=CCc1c(C2CC(=O)c3c(O)cc(O)cc3O2)cc(O)c2c1CC(O)C(C)(C)O2. The van der Waals surface area contributed by atoms with Crippen molar-refractivity contribution in [2.75, 3.05) is 0 Å². The van der Waals surface area contributed by atoms with Crippen molar-refractivity contribution >= 4 is 5.78 Å². The monoisotopic (exact) mass is 440 g/mol. The maximum atomic E-state index is 12.8. The van der Waals surface area contributed by atoms with E-state index in [2.05, 4.69) is 0 Å². The average Bonchev–Trinajstić information content (AvgIpc) is 2.67. The Morgan fingerprint density at radius 2 is 1.84 bits per heavy atom. The zero-order chi connectivity index (χ0) is 23.4. The van der Waals surface area contributed by atoms with E-state index in [1.807, 2.05) is 19.9 Å². The number of Topliss-reactive ketones (excluding diaryl/α,β-unsaturated/α-hetero) is 1. The van der Waals surface area contributed by atoms with Gasteiger partial charge in [0.1, 0.15) is 34.5 Å². The number of ketones is 1. The van der Waals surface area contributed by atoms with E-state index in [9.17, 15) is 25.2 Å². The van der Waals surface area contributed by atoms with Crippen molar-refractivity contribution in [3.05, 3.63) is 52.1 Å². The largest absolute Gasteiger partial charge is 0.508 e. The molecule has 0 amide bonds. The average molecular weight is 440 g/mol. The summed E-state index contributed by atoms with van der Waals surface area (Å²) in [5.41, 5.74) is 2.38. The Morgan fingerprint density at radius 1 is 1.12 bits per heavy atom. The molecule has 2 aliphatic heterocycles. The third-order valence-electron chi connectivity index (χ3n) is 6.12. The van der Waals surface area contributed by atoms with E-state index in [-0.39, 0.29) is 47.2 Å². The molecule has 0 bridgehead atoms. The molecule has 4 rings (SSSR count). The molecule has 2 aromatic rings.